The van der Waals surface area contributed by atoms with E-state index in [2.05, 4.69) is 28.5 Å². The molecule has 0 aliphatic carbocycles. The van der Waals surface area contributed by atoms with E-state index >= 15 is 0 Å². The van der Waals surface area contributed by atoms with Crippen LogP contribution in [0.25, 0.3) is 5.52 Å². The topological polar surface area (TPSA) is 58.5 Å². The number of ether oxygens (including phenoxy) is 1. The standard InChI is InChI=1S/C20H23N5O/c1-23-9-15(8-22-23)19-13-24(11-17(19)14-26-2)10-16-12-25-6-4-3-5-20(25)18(16)7-21/h3-6,8-9,12,17,19H,10-11,13-14H2,1-2H3/t17-,19-/m0/s1. The van der Waals surface area contributed by atoms with Gasteiger partial charge in [-0.2, -0.15) is 10.4 Å². The summed E-state index contributed by atoms with van der Waals surface area (Å²) in [6.45, 7) is 3.43. The van der Waals surface area contributed by atoms with E-state index in [-0.39, 0.29) is 0 Å². The van der Waals surface area contributed by atoms with Gasteiger partial charge in [-0.25, -0.2) is 0 Å². The zero-order chi connectivity index (χ0) is 18.1. The summed E-state index contributed by atoms with van der Waals surface area (Å²) in [5.74, 6) is 0.845. The lowest BCUT2D eigenvalue weighted by atomic mass is 9.92. The summed E-state index contributed by atoms with van der Waals surface area (Å²) < 4.78 is 9.36. The predicted octanol–water partition coefficient (Wildman–Crippen LogP) is 2.41. The Kier molecular flexibility index (Phi) is 4.49. The first-order valence-corrected chi connectivity index (χ1v) is 8.88. The Morgan fingerprint density at radius 3 is 2.92 bits per heavy atom. The maximum Gasteiger partial charge on any atom is 0.102 e. The van der Waals surface area contributed by atoms with Crippen molar-refractivity contribution in [2.24, 2.45) is 13.0 Å². The molecule has 1 aliphatic rings. The third-order valence-corrected chi connectivity index (χ3v) is 5.32. The SMILES string of the molecule is COC[C@@H]1CN(Cc2cn3ccccc3c2C#N)C[C@H]1c1cnn(C)c1. The van der Waals surface area contributed by atoms with Crippen molar-refractivity contribution in [3.63, 3.8) is 0 Å². The molecule has 1 saturated heterocycles. The fourth-order valence-electron chi connectivity index (χ4n) is 4.15. The van der Waals surface area contributed by atoms with Crippen molar-refractivity contribution >= 4 is 5.52 Å². The first kappa shape index (κ1) is 16.8. The van der Waals surface area contributed by atoms with Crippen LogP contribution >= 0.6 is 0 Å². The van der Waals surface area contributed by atoms with Gasteiger partial charge in [0.15, 0.2) is 0 Å². The van der Waals surface area contributed by atoms with Gasteiger partial charge in [0.05, 0.1) is 23.9 Å². The minimum absolute atomic E-state index is 0.409. The maximum atomic E-state index is 9.64. The van der Waals surface area contributed by atoms with Crippen molar-refractivity contribution in [2.75, 3.05) is 26.8 Å². The van der Waals surface area contributed by atoms with Gasteiger partial charge in [-0.15, -0.1) is 0 Å². The molecule has 4 heterocycles. The quantitative estimate of drug-likeness (QED) is 0.710. The van der Waals surface area contributed by atoms with Crippen molar-refractivity contribution in [1.29, 1.82) is 5.26 Å². The van der Waals surface area contributed by atoms with E-state index in [9.17, 15) is 5.26 Å². The lowest BCUT2D eigenvalue weighted by molar-refractivity contribution is 0.147. The molecule has 0 N–H and O–H groups in total. The Bertz CT molecular complexity index is 951. The van der Waals surface area contributed by atoms with Gasteiger partial charge in [0.2, 0.25) is 0 Å². The summed E-state index contributed by atoms with van der Waals surface area (Å²) in [5, 5.41) is 14.0. The zero-order valence-electron chi connectivity index (χ0n) is 15.2. The molecular weight excluding hydrogens is 326 g/mol. The van der Waals surface area contributed by atoms with E-state index < -0.39 is 0 Å². The minimum Gasteiger partial charge on any atom is -0.384 e. The molecular formula is C20H23N5O. The van der Waals surface area contributed by atoms with E-state index in [0.717, 1.165) is 42.9 Å². The van der Waals surface area contributed by atoms with Crippen LogP contribution in [0.5, 0.6) is 0 Å². The Morgan fingerprint density at radius 2 is 2.19 bits per heavy atom. The summed E-state index contributed by atoms with van der Waals surface area (Å²) in [4.78, 5) is 2.43. The van der Waals surface area contributed by atoms with Crippen LogP contribution in [0, 0.1) is 17.2 Å². The molecule has 0 amide bonds. The smallest absolute Gasteiger partial charge is 0.102 e. The molecule has 0 saturated carbocycles. The highest BCUT2D eigenvalue weighted by Gasteiger charge is 2.34. The van der Waals surface area contributed by atoms with Gasteiger partial charge < -0.3 is 9.14 Å². The van der Waals surface area contributed by atoms with E-state index in [0.29, 0.717) is 11.8 Å². The van der Waals surface area contributed by atoms with Crippen molar-refractivity contribution in [2.45, 2.75) is 12.5 Å². The Morgan fingerprint density at radius 1 is 1.31 bits per heavy atom. The molecule has 6 nitrogen and oxygen atoms in total. The van der Waals surface area contributed by atoms with Gasteiger partial charge in [-0.05, 0) is 17.7 Å². The van der Waals surface area contributed by atoms with Gasteiger partial charge in [0.25, 0.3) is 0 Å². The van der Waals surface area contributed by atoms with E-state index in [1.165, 1.54) is 5.56 Å². The Labute approximate surface area is 153 Å². The average molecular weight is 349 g/mol. The minimum atomic E-state index is 0.409. The molecule has 26 heavy (non-hydrogen) atoms. The summed E-state index contributed by atoms with van der Waals surface area (Å²) in [7, 11) is 3.71. The molecule has 3 aromatic heterocycles. The number of rotatable bonds is 5. The molecule has 4 rings (SSSR count). The van der Waals surface area contributed by atoms with Gasteiger partial charge in [-0.1, -0.05) is 6.07 Å². The first-order valence-electron chi connectivity index (χ1n) is 8.88. The molecule has 1 fully saturated rings. The molecule has 3 aromatic rings. The number of aromatic nitrogens is 3. The van der Waals surface area contributed by atoms with E-state index in [1.54, 1.807) is 7.11 Å². The molecule has 6 heteroatoms. The lowest BCUT2D eigenvalue weighted by Gasteiger charge is -2.15. The Hall–Kier alpha value is -2.62. The number of likely N-dealkylation sites (tertiary alicyclic amines) is 1. The first-order chi connectivity index (χ1) is 12.7. The molecule has 134 valence electrons. The predicted molar refractivity (Wildman–Crippen MR) is 98.7 cm³/mol. The highest BCUT2D eigenvalue weighted by Crippen LogP contribution is 2.34. The van der Waals surface area contributed by atoms with E-state index in [1.807, 2.05) is 46.7 Å². The molecule has 1 aliphatic heterocycles. The second-order valence-corrected chi connectivity index (χ2v) is 7.10. The largest absolute Gasteiger partial charge is 0.384 e. The third kappa shape index (κ3) is 3.00. The lowest BCUT2D eigenvalue weighted by Crippen LogP contribution is -2.21. The van der Waals surface area contributed by atoms with Crippen LogP contribution in [-0.4, -0.2) is 45.9 Å². The molecule has 0 spiro atoms. The molecule has 2 atom stereocenters. The van der Waals surface area contributed by atoms with Crippen molar-refractivity contribution in [3.05, 3.63) is 59.7 Å². The molecule has 0 aromatic carbocycles. The number of pyridine rings is 1. The van der Waals surface area contributed by atoms with Crippen molar-refractivity contribution < 1.29 is 4.74 Å². The van der Waals surface area contributed by atoms with Gasteiger partial charge in [0.1, 0.15) is 6.07 Å². The number of fused-ring (bicyclic) bond motifs is 1. The Balaban J connectivity index is 1.58. The fraction of sp³-hybridized carbons (Fsp3) is 0.400. The molecule has 0 unspecified atom stereocenters. The number of aryl methyl sites for hydroxylation is 1. The van der Waals surface area contributed by atoms with Crippen LogP contribution in [0.2, 0.25) is 0 Å². The summed E-state index contributed by atoms with van der Waals surface area (Å²) in [6.07, 6.45) is 8.14. The summed E-state index contributed by atoms with van der Waals surface area (Å²) in [6, 6.07) is 8.35. The normalized spacial score (nSPS) is 20.7. The van der Waals surface area contributed by atoms with Gasteiger partial charge >= 0.3 is 0 Å². The maximum absolute atomic E-state index is 9.64. The van der Waals surface area contributed by atoms with Crippen LogP contribution in [0.15, 0.2) is 43.0 Å². The van der Waals surface area contributed by atoms with Crippen LogP contribution in [0.4, 0.5) is 0 Å². The monoisotopic (exact) mass is 349 g/mol. The van der Waals surface area contributed by atoms with Crippen LogP contribution < -0.4 is 0 Å². The highest BCUT2D eigenvalue weighted by atomic mass is 16.5. The van der Waals surface area contributed by atoms with Gasteiger partial charge in [0, 0.05) is 69.8 Å². The number of hydrogen-bond donors (Lipinski definition) is 0. The average Bonchev–Trinajstić information content (AvgIpc) is 3.32. The molecule has 0 bridgehead atoms. The third-order valence-electron chi connectivity index (χ3n) is 5.32. The second-order valence-electron chi connectivity index (χ2n) is 7.10. The second kappa shape index (κ2) is 6.94. The van der Waals surface area contributed by atoms with E-state index in [4.69, 9.17) is 4.74 Å². The van der Waals surface area contributed by atoms with Crippen LogP contribution in [0.1, 0.15) is 22.6 Å². The van der Waals surface area contributed by atoms with Crippen molar-refractivity contribution in [3.8, 4) is 6.07 Å². The molecule has 0 radical (unpaired) electrons. The van der Waals surface area contributed by atoms with Crippen LogP contribution in [0.3, 0.4) is 0 Å². The number of nitriles is 1. The highest BCUT2D eigenvalue weighted by molar-refractivity contribution is 5.65. The fourth-order valence-corrected chi connectivity index (χ4v) is 4.15. The van der Waals surface area contributed by atoms with Gasteiger partial charge in [-0.3, -0.25) is 9.58 Å². The van der Waals surface area contributed by atoms with Crippen molar-refractivity contribution in [1.82, 2.24) is 19.1 Å². The summed E-state index contributed by atoms with van der Waals surface area (Å²) in [5.41, 5.74) is 4.10. The number of hydrogen-bond acceptors (Lipinski definition) is 4. The number of methoxy groups -OCH3 is 1. The van der Waals surface area contributed by atoms with Crippen LogP contribution in [-0.2, 0) is 18.3 Å². The number of nitrogens with zero attached hydrogens (tertiary/aromatic N) is 5. The zero-order valence-corrected chi connectivity index (χ0v) is 15.2. The summed E-state index contributed by atoms with van der Waals surface area (Å²) >= 11 is 0.